The number of isocyanates is 4. The number of nitrogen functional groups attached to an aromatic ring is 4. The van der Waals surface area contributed by atoms with E-state index in [9.17, 15) is 58.5 Å². The maximum absolute atomic E-state index is 11.3. The zero-order valence-electron chi connectivity index (χ0n) is 73.2. The Bertz CT molecular complexity index is 7380. The third-order valence-electron chi connectivity index (χ3n) is 22.2. The Morgan fingerprint density at radius 1 is 0.348 bits per heavy atom. The first kappa shape index (κ1) is 94.7. The number of hydrogen-bond acceptors (Lipinski definition) is 28. The minimum absolute atomic E-state index is 0.128. The molecule has 8 heterocycles. The molecule has 8 aromatic carbocycles. The Kier molecular flexibility index (Phi) is 30.2. The normalized spacial score (nSPS) is 11.4. The minimum Gasteiger partial charge on any atom is -0.508 e. The summed E-state index contributed by atoms with van der Waals surface area (Å²) in [6, 6.07) is 42.6. The molecule has 0 aliphatic carbocycles. The topological polar surface area (TPSA) is 559 Å². The van der Waals surface area contributed by atoms with Crippen molar-refractivity contribution in [2.45, 2.75) is 171 Å². The van der Waals surface area contributed by atoms with Gasteiger partial charge in [0, 0.05) is 71.4 Å². The molecule has 0 radical (unpaired) electrons. The van der Waals surface area contributed by atoms with Crippen molar-refractivity contribution >= 4 is 151 Å². The van der Waals surface area contributed by atoms with Gasteiger partial charge in [-0.3, -0.25) is 19.6 Å². The fraction of sp³-hybridized carbons (Fsp3) is 0.277. The molecule has 0 fully saturated rings. The average molecular weight is 1830 g/mol. The van der Waals surface area contributed by atoms with Gasteiger partial charge in [-0.1, -0.05) is 126 Å². The first-order valence-electron chi connectivity index (χ1n) is 42.6. The number of aryl methyl sites for hydroxylation is 6. The third kappa shape index (κ3) is 22.0. The van der Waals surface area contributed by atoms with E-state index in [1.165, 1.54) is 24.3 Å². The zero-order valence-corrected chi connectivity index (χ0v) is 75.0. The number of phenolic OH excluding ortho intramolecular Hbond substituents is 4. The molecule has 16 N–H and O–H groups in total. The smallest absolute Gasteiger partial charge is 0.508 e. The lowest BCUT2D eigenvalue weighted by molar-refractivity contribution is 0.276. The summed E-state index contributed by atoms with van der Waals surface area (Å²) in [4.78, 5) is 131. The van der Waals surface area contributed by atoms with Gasteiger partial charge in [0.2, 0.25) is 24.3 Å². The van der Waals surface area contributed by atoms with Crippen LogP contribution in [0.5, 0.6) is 34.5 Å². The van der Waals surface area contributed by atoms with Crippen molar-refractivity contribution < 1.29 is 77.4 Å². The van der Waals surface area contributed by atoms with Gasteiger partial charge in [-0.05, 0) is 157 Å². The molecule has 0 unspecified atom stereocenters. The van der Waals surface area contributed by atoms with Gasteiger partial charge in [-0.25, -0.2) is 88.1 Å². The largest absolute Gasteiger partial charge is 0.524 e. The monoisotopic (exact) mass is 1820 g/mol. The van der Waals surface area contributed by atoms with Gasteiger partial charge in [-0.15, -0.1) is 0 Å². The molecule has 0 amide bonds. The number of phosphoric acid groups is 2. The van der Waals surface area contributed by atoms with Gasteiger partial charge < -0.3 is 70.7 Å². The summed E-state index contributed by atoms with van der Waals surface area (Å²) in [5, 5.41) is 44.3. The van der Waals surface area contributed by atoms with Crippen LogP contribution >= 0.6 is 15.6 Å². The molecular formula is C94H98N20O16P2. The molecular weight excluding hydrogens is 1730 g/mol. The molecule has 16 aromatic rings. The first-order valence-corrected chi connectivity index (χ1v) is 45.6. The fourth-order valence-electron chi connectivity index (χ4n) is 15.9. The van der Waals surface area contributed by atoms with E-state index in [0.717, 1.165) is 176 Å². The van der Waals surface area contributed by atoms with E-state index in [2.05, 4.69) is 81.3 Å². The van der Waals surface area contributed by atoms with Crippen LogP contribution in [0.4, 0.5) is 23.3 Å². The molecule has 0 bridgehead atoms. The number of fused-ring (bicyclic) bond motifs is 12. The highest BCUT2D eigenvalue weighted by molar-refractivity contribution is 7.47. The van der Waals surface area contributed by atoms with Crippen molar-refractivity contribution in [3.05, 3.63) is 225 Å². The number of aromatic nitrogens is 12. The number of imidazole rings is 4. The second kappa shape index (κ2) is 42.1. The molecule has 680 valence electrons. The van der Waals surface area contributed by atoms with Crippen LogP contribution in [0.2, 0.25) is 0 Å². The zero-order chi connectivity index (χ0) is 94.2. The van der Waals surface area contributed by atoms with E-state index < -0.39 is 15.6 Å². The van der Waals surface area contributed by atoms with E-state index in [-0.39, 0.29) is 73.0 Å². The predicted octanol–water partition coefficient (Wildman–Crippen LogP) is 16.0. The van der Waals surface area contributed by atoms with Gasteiger partial charge in [-0.2, -0.15) is 0 Å². The number of hydrogen-bond donors (Lipinski definition) is 12. The van der Waals surface area contributed by atoms with Crippen LogP contribution < -0.4 is 32.0 Å². The fourth-order valence-corrected chi connectivity index (χ4v) is 16.7. The quantitative estimate of drug-likeness (QED) is 0.00806. The molecule has 36 nitrogen and oxygen atoms in total. The molecule has 0 aliphatic heterocycles. The first-order chi connectivity index (χ1) is 63.4. The van der Waals surface area contributed by atoms with E-state index in [4.69, 9.17) is 57.2 Å². The molecule has 16 rings (SSSR count). The lowest BCUT2D eigenvalue weighted by Crippen LogP contribution is -2.07. The molecule has 38 heteroatoms. The predicted molar refractivity (Wildman–Crippen MR) is 503 cm³/mol. The van der Waals surface area contributed by atoms with Crippen molar-refractivity contribution in [2.75, 3.05) is 22.9 Å². The van der Waals surface area contributed by atoms with E-state index in [0.29, 0.717) is 104 Å². The van der Waals surface area contributed by atoms with Crippen molar-refractivity contribution in [3.8, 4) is 34.5 Å². The van der Waals surface area contributed by atoms with Crippen LogP contribution in [0.15, 0.2) is 166 Å². The number of nitrogens with zero attached hydrogens (tertiary/aromatic N) is 16. The number of aromatic hydroxyl groups is 4. The summed E-state index contributed by atoms with van der Waals surface area (Å²) in [5.74, 6) is 4.08. The number of carbonyl (C=O) groups excluding carboxylic acids is 4. The number of unbranched alkanes of at least 4 members (excludes halogenated alkanes) is 4. The highest BCUT2D eigenvalue weighted by atomic mass is 31.2. The van der Waals surface area contributed by atoms with E-state index in [1.807, 2.05) is 94.9 Å². The molecule has 0 aliphatic rings. The number of pyridine rings is 4. The Labute approximate surface area is 755 Å². The number of benzene rings is 8. The molecule has 0 atom stereocenters. The van der Waals surface area contributed by atoms with Crippen molar-refractivity contribution in [1.29, 1.82) is 0 Å². The van der Waals surface area contributed by atoms with Gasteiger partial charge in [0.15, 0.2) is 46.3 Å². The van der Waals surface area contributed by atoms with Crippen molar-refractivity contribution in [1.82, 2.24) is 58.1 Å². The van der Waals surface area contributed by atoms with Gasteiger partial charge in [0.05, 0.1) is 83.4 Å². The maximum atomic E-state index is 11.3. The highest BCUT2D eigenvalue weighted by Gasteiger charge is 2.27. The number of para-hydroxylation sites is 2. The Morgan fingerprint density at radius 3 is 0.970 bits per heavy atom. The van der Waals surface area contributed by atoms with Crippen LogP contribution in [-0.2, 0) is 106 Å². The van der Waals surface area contributed by atoms with Gasteiger partial charge >= 0.3 is 15.6 Å². The number of phenols is 4. The summed E-state index contributed by atoms with van der Waals surface area (Å²) < 4.78 is 40.2. The molecule has 0 saturated carbocycles. The summed E-state index contributed by atoms with van der Waals surface area (Å²) in [6.07, 6.45) is 17.0. The van der Waals surface area contributed by atoms with Crippen LogP contribution in [0.25, 0.3) is 87.7 Å². The second-order valence-corrected chi connectivity index (χ2v) is 33.9. The lowest BCUT2D eigenvalue weighted by atomic mass is 10.1. The van der Waals surface area contributed by atoms with Crippen LogP contribution in [0.3, 0.4) is 0 Å². The van der Waals surface area contributed by atoms with E-state index in [1.54, 1.807) is 73.7 Å². The third-order valence-corrected chi connectivity index (χ3v) is 23.0. The number of rotatable bonds is 32. The SMILES string of the molecule is CCCCc1nc2c(N)nc3ccc(CN=C=O)cc3c2n1Cc1ccc(O)c(C)c1.CCCCc1nc2c(N)nc3ccc(CN=C=O)cc3c2n1Cc1ccc(OP(=O)(O)O)c(C)c1.CCCCc1nc2c(N)nc3ccc(CN=C=O)cc3c2n1Cc1cccc(O)c1O.CCCCc1nc2c(N)nc3ccc(CN=C=O)cc3c2n1Cc1cccc(OP(=O)(O)O)c1O. The molecule has 8 aromatic heterocycles. The Morgan fingerprint density at radius 2 is 0.652 bits per heavy atom. The number of phosphoric ester groups is 2. The van der Waals surface area contributed by atoms with Crippen LogP contribution in [0.1, 0.15) is 158 Å². The van der Waals surface area contributed by atoms with Crippen LogP contribution in [-0.4, -0.2) is 122 Å². The molecule has 0 spiro atoms. The number of nitrogens with two attached hydrogens (primary N) is 4. The molecule has 132 heavy (non-hydrogen) atoms. The number of anilines is 4. The standard InChI is InChI=1S/C24H26N5O5P.C24H25N5O2.C23H24N5O6P.C23H23N5O3/c1-3-4-5-21-28-22-23(18-11-16(12-26-14-30)6-8-19(18)27-24(22)25)29(21)13-17-7-9-20(15(2)10-17)34-35(31,32)33;1-3-4-5-21-28-22-23(29(21)13-17-7-9-20(31)15(2)10-17)18-11-16(12-26-14-30)6-8-19(18)27-24(22)25;1-2-3-7-19-27-20-21(16-10-14(11-25-13-29)8-9-17(16)26-23(20)24)28(19)12-15-5-4-6-18(22(15)30)34-35(31,32)33;1-2-3-7-19-27-20-21(28(19)12-15-5-4-6-18(30)22(15)31)16-10-14(11-25-13-29)8-9-17(16)26-23(20)24/h6-11H,3-5,12-13H2,1-2H3,(H2,25,27)(H2,31,32,33);6-11,31H,3-5,12-13H2,1-2H3,(H2,25,27);4-6,8-10,30H,2-3,7,11-12H2,1H3,(H2,24,26)(H2,31,32,33);4-6,8-10,30-31H,2-3,7,11-12H2,1H3,(H2,24,26). The second-order valence-electron chi connectivity index (χ2n) is 31.6. The van der Waals surface area contributed by atoms with Crippen molar-refractivity contribution in [2.24, 2.45) is 20.0 Å². The highest BCUT2D eigenvalue weighted by Crippen LogP contribution is 2.45. The van der Waals surface area contributed by atoms with Gasteiger partial charge in [0.25, 0.3) is 0 Å². The summed E-state index contributed by atoms with van der Waals surface area (Å²) >= 11 is 0. The summed E-state index contributed by atoms with van der Waals surface area (Å²) in [7, 11) is -9.52. The number of aliphatic imine (C=N–C) groups is 4. The molecule has 0 saturated heterocycles. The summed E-state index contributed by atoms with van der Waals surface area (Å²) in [6.45, 7) is 14.4. The average Bonchev–Trinajstić information content (AvgIpc) is 1.60. The van der Waals surface area contributed by atoms with Crippen molar-refractivity contribution in [3.63, 3.8) is 0 Å². The minimum atomic E-state index is -4.86. The summed E-state index contributed by atoms with van der Waals surface area (Å²) in [5.41, 5.74) is 41.3. The Balaban J connectivity index is 0.000000150. The maximum Gasteiger partial charge on any atom is 0.524 e. The Hall–Kier alpha value is -14.9. The van der Waals surface area contributed by atoms with E-state index >= 15 is 0 Å². The van der Waals surface area contributed by atoms with Gasteiger partial charge in [0.1, 0.15) is 56.9 Å². The van der Waals surface area contributed by atoms with Crippen LogP contribution in [0, 0.1) is 13.8 Å². The lowest BCUT2D eigenvalue weighted by Gasteiger charge is -2.15.